The number of hydrogen-bond acceptors (Lipinski definition) is 3. The Balaban J connectivity index is 1.96. The Labute approximate surface area is 204 Å². The van der Waals surface area contributed by atoms with Crippen molar-refractivity contribution in [3.05, 3.63) is 74.5 Å². The molecule has 3 aromatic carbocycles. The second-order valence-corrected chi connectivity index (χ2v) is 9.45. The average molecular weight is 468 g/mol. The molecule has 0 aliphatic rings. The van der Waals surface area contributed by atoms with E-state index in [0.29, 0.717) is 27.1 Å². The second-order valence-electron chi connectivity index (χ2n) is 9.45. The number of pyridine rings is 2. The fourth-order valence-corrected chi connectivity index (χ4v) is 5.11. The predicted octanol–water partition coefficient (Wildman–Crippen LogP) is 6.65. The van der Waals surface area contributed by atoms with Crippen LogP contribution < -0.4 is 15.8 Å². The molecule has 0 saturated heterocycles. The Hall–Kier alpha value is -3.60. The molecule has 35 heavy (non-hydrogen) atoms. The lowest BCUT2D eigenvalue weighted by atomic mass is 10.0. The first kappa shape index (κ1) is 23.2. The van der Waals surface area contributed by atoms with Crippen LogP contribution in [0.1, 0.15) is 52.0 Å². The van der Waals surface area contributed by atoms with E-state index < -0.39 is 0 Å². The lowest BCUT2D eigenvalue weighted by molar-refractivity contribution is 0.680. The summed E-state index contributed by atoms with van der Waals surface area (Å²) >= 11 is 0. The van der Waals surface area contributed by atoms with Crippen molar-refractivity contribution in [1.82, 2.24) is 9.97 Å². The van der Waals surface area contributed by atoms with E-state index in [-0.39, 0.29) is 10.9 Å². The van der Waals surface area contributed by atoms with Crippen LogP contribution in [0, 0.1) is 0 Å². The van der Waals surface area contributed by atoms with Crippen LogP contribution in [0.25, 0.3) is 43.6 Å². The van der Waals surface area contributed by atoms with Crippen molar-refractivity contribution in [3.8, 4) is 0 Å². The summed E-state index contributed by atoms with van der Waals surface area (Å²) in [6, 6.07) is 15.5. The number of nitrogens with one attached hydrogen (secondary N) is 2. The van der Waals surface area contributed by atoms with Gasteiger partial charge in [-0.1, -0.05) is 51.8 Å². The molecule has 0 radical (unpaired) electrons. The summed E-state index contributed by atoms with van der Waals surface area (Å²) in [6.07, 6.45) is 5.03. The second kappa shape index (κ2) is 9.57. The Kier molecular flexibility index (Phi) is 6.33. The van der Waals surface area contributed by atoms with Gasteiger partial charge in [0.25, 0.3) is 0 Å². The first-order valence-corrected chi connectivity index (χ1v) is 12.9. The summed E-state index contributed by atoms with van der Waals surface area (Å²) < 4.78 is 0. The van der Waals surface area contributed by atoms with Crippen LogP contribution in [-0.2, 0) is 6.42 Å². The Bertz CT molecular complexity index is 1650. The van der Waals surface area contributed by atoms with Crippen LogP contribution in [0.5, 0.6) is 0 Å². The smallest absolute Gasteiger partial charge is 0.199 e. The largest absolute Gasteiger partial charge is 0.369 e. The van der Waals surface area contributed by atoms with E-state index in [9.17, 15) is 9.59 Å². The summed E-state index contributed by atoms with van der Waals surface area (Å²) in [5.41, 5.74) is 5.06. The highest BCUT2D eigenvalue weighted by Gasteiger charge is 2.21. The van der Waals surface area contributed by atoms with Crippen molar-refractivity contribution >= 4 is 49.3 Å². The molecular formula is C30H33N3O2. The van der Waals surface area contributed by atoms with Crippen LogP contribution in [0.3, 0.4) is 0 Å². The monoisotopic (exact) mass is 467 g/mol. The quantitative estimate of drug-likeness (QED) is 0.251. The summed E-state index contributed by atoms with van der Waals surface area (Å²) in [5.74, 6) is 0. The molecule has 0 spiro atoms. The minimum absolute atomic E-state index is 0.00604. The maximum Gasteiger partial charge on any atom is 0.199 e. The van der Waals surface area contributed by atoms with Gasteiger partial charge in [-0.3, -0.25) is 9.59 Å². The Morgan fingerprint density at radius 1 is 0.714 bits per heavy atom. The van der Waals surface area contributed by atoms with Crippen molar-refractivity contribution in [2.45, 2.75) is 52.9 Å². The minimum atomic E-state index is 0.00604. The molecule has 0 bridgehead atoms. The highest BCUT2D eigenvalue weighted by Crippen LogP contribution is 2.34. The fourth-order valence-electron chi connectivity index (χ4n) is 5.11. The molecule has 2 aromatic heterocycles. The van der Waals surface area contributed by atoms with Crippen molar-refractivity contribution in [1.29, 1.82) is 0 Å². The molecule has 5 nitrogen and oxygen atoms in total. The fraction of sp³-hybridized carbons (Fsp3) is 0.333. The van der Waals surface area contributed by atoms with Crippen molar-refractivity contribution < 1.29 is 0 Å². The summed E-state index contributed by atoms with van der Waals surface area (Å²) in [5, 5.41) is 2.64. The van der Waals surface area contributed by atoms with Gasteiger partial charge in [0.05, 0.1) is 27.5 Å². The average Bonchev–Trinajstić information content (AvgIpc) is 2.88. The Morgan fingerprint density at radius 3 is 2.14 bits per heavy atom. The zero-order valence-electron chi connectivity index (χ0n) is 20.8. The number of H-pyrrole nitrogens is 2. The zero-order chi connectivity index (χ0) is 24.5. The predicted molar refractivity (Wildman–Crippen MR) is 149 cm³/mol. The number of unbranched alkanes of at least 4 members (excludes halogenated alkanes) is 2. The summed E-state index contributed by atoms with van der Waals surface area (Å²) in [6.45, 7) is 8.13. The topological polar surface area (TPSA) is 69.0 Å². The van der Waals surface area contributed by atoms with Gasteiger partial charge in [-0.25, -0.2) is 0 Å². The number of aromatic amines is 2. The van der Waals surface area contributed by atoms with Crippen molar-refractivity contribution in [3.63, 3.8) is 0 Å². The van der Waals surface area contributed by atoms with Gasteiger partial charge in [0.1, 0.15) is 0 Å². The third-order valence-corrected chi connectivity index (χ3v) is 7.09. The summed E-state index contributed by atoms with van der Waals surface area (Å²) in [4.78, 5) is 37.1. The molecule has 0 atom stereocenters. The number of fused-ring (bicyclic) bond motifs is 4. The third-order valence-electron chi connectivity index (χ3n) is 7.09. The van der Waals surface area contributed by atoms with Crippen LogP contribution in [0.2, 0.25) is 0 Å². The standard InChI is InChI=1S/C30H33N3O2/c1-4-7-15-33(16-8-5-2)28-26-25(31-23-12-10-9-11-20(23)30(26)35)18-22-27(28)32-24-14-13-19(6-3)17-21(24)29(22)34/h9-14,17-18H,4-8,15-16H2,1-3H3,(H,31,35)(H,32,34). The Morgan fingerprint density at radius 2 is 1.43 bits per heavy atom. The third kappa shape index (κ3) is 3.99. The lowest BCUT2D eigenvalue weighted by Gasteiger charge is -2.27. The van der Waals surface area contributed by atoms with Gasteiger partial charge in [0.2, 0.25) is 0 Å². The highest BCUT2D eigenvalue weighted by molar-refractivity contribution is 6.13. The van der Waals surface area contributed by atoms with Gasteiger partial charge in [-0.2, -0.15) is 0 Å². The molecule has 2 heterocycles. The van der Waals surface area contributed by atoms with Crippen LogP contribution in [-0.4, -0.2) is 23.1 Å². The van der Waals surface area contributed by atoms with Crippen molar-refractivity contribution in [2.75, 3.05) is 18.0 Å². The van der Waals surface area contributed by atoms with E-state index in [1.54, 1.807) is 0 Å². The molecule has 2 N–H and O–H groups in total. The van der Waals surface area contributed by atoms with E-state index in [1.165, 1.54) is 0 Å². The number of aromatic nitrogens is 2. The molecule has 0 aliphatic heterocycles. The number of para-hydroxylation sites is 1. The SMILES string of the molecule is CCCCN(CCCC)c1c2[nH]c3ccc(CC)cc3c(=O)c2cc2[nH]c3ccccc3c(=O)c12. The van der Waals surface area contributed by atoms with Gasteiger partial charge in [-0.05, 0) is 55.2 Å². The van der Waals surface area contributed by atoms with E-state index in [4.69, 9.17) is 0 Å². The van der Waals surface area contributed by atoms with Crippen LogP contribution in [0.4, 0.5) is 5.69 Å². The molecule has 5 heteroatoms. The molecule has 0 unspecified atom stereocenters. The first-order valence-electron chi connectivity index (χ1n) is 12.9. The number of aryl methyl sites for hydroxylation is 1. The van der Waals surface area contributed by atoms with E-state index in [2.05, 4.69) is 41.7 Å². The van der Waals surface area contributed by atoms with Gasteiger partial charge >= 0.3 is 0 Å². The molecular weight excluding hydrogens is 434 g/mol. The zero-order valence-corrected chi connectivity index (χ0v) is 20.8. The van der Waals surface area contributed by atoms with Crippen molar-refractivity contribution in [2.24, 2.45) is 0 Å². The molecule has 0 amide bonds. The number of anilines is 1. The van der Waals surface area contributed by atoms with Crippen LogP contribution in [0.15, 0.2) is 58.1 Å². The first-order chi connectivity index (χ1) is 17.1. The van der Waals surface area contributed by atoms with Gasteiger partial charge in [0, 0.05) is 34.9 Å². The maximum absolute atomic E-state index is 13.9. The van der Waals surface area contributed by atoms with Gasteiger partial charge < -0.3 is 14.9 Å². The maximum atomic E-state index is 13.9. The molecule has 0 fully saturated rings. The lowest BCUT2D eigenvalue weighted by Crippen LogP contribution is -2.28. The molecule has 5 aromatic rings. The minimum Gasteiger partial charge on any atom is -0.369 e. The van der Waals surface area contributed by atoms with Gasteiger partial charge in [0.15, 0.2) is 10.9 Å². The number of nitrogens with zero attached hydrogens (tertiary/aromatic N) is 1. The van der Waals surface area contributed by atoms with E-state index in [0.717, 1.165) is 73.0 Å². The number of hydrogen-bond donors (Lipinski definition) is 2. The number of benzene rings is 3. The summed E-state index contributed by atoms with van der Waals surface area (Å²) in [7, 11) is 0. The molecule has 0 aliphatic carbocycles. The normalized spacial score (nSPS) is 11.7. The van der Waals surface area contributed by atoms with Crippen LogP contribution >= 0.6 is 0 Å². The molecule has 5 rings (SSSR count). The molecule has 180 valence electrons. The molecule has 0 saturated carbocycles. The van der Waals surface area contributed by atoms with E-state index >= 15 is 0 Å². The van der Waals surface area contributed by atoms with Gasteiger partial charge in [-0.15, -0.1) is 0 Å². The highest BCUT2D eigenvalue weighted by atomic mass is 16.1. The van der Waals surface area contributed by atoms with E-state index in [1.807, 2.05) is 42.5 Å². The number of rotatable bonds is 8.